The Kier molecular flexibility index (Phi) is 7.20. The van der Waals surface area contributed by atoms with Crippen molar-refractivity contribution in [2.24, 2.45) is 5.16 Å². The van der Waals surface area contributed by atoms with E-state index in [4.69, 9.17) is 14.3 Å². The number of ether oxygens (including phenoxy) is 2. The highest BCUT2D eigenvalue weighted by Gasteiger charge is 2.52. The van der Waals surface area contributed by atoms with Gasteiger partial charge in [0.05, 0.1) is 18.4 Å². The van der Waals surface area contributed by atoms with E-state index in [1.807, 2.05) is 68.4 Å². The highest BCUT2D eigenvalue weighted by atomic mass is 16.6. The van der Waals surface area contributed by atoms with E-state index in [9.17, 15) is 9.59 Å². The summed E-state index contributed by atoms with van der Waals surface area (Å²) in [7, 11) is 0. The van der Waals surface area contributed by atoms with E-state index < -0.39 is 29.7 Å². The summed E-state index contributed by atoms with van der Waals surface area (Å²) in [5, 5.41) is 4.14. The zero-order valence-corrected chi connectivity index (χ0v) is 20.0. The molecule has 4 rings (SSSR count). The number of carbonyl (C=O) groups excluding carboxylic acids is 2. The molecule has 0 bridgehead atoms. The van der Waals surface area contributed by atoms with Crippen molar-refractivity contribution >= 4 is 17.7 Å². The van der Waals surface area contributed by atoms with Gasteiger partial charge in [0, 0.05) is 6.42 Å². The van der Waals surface area contributed by atoms with Gasteiger partial charge in [-0.3, -0.25) is 4.79 Å². The number of cyclic esters (lactones) is 1. The smallest absolute Gasteiger partial charge is 0.417 e. The third-order valence-electron chi connectivity index (χ3n) is 6.32. The van der Waals surface area contributed by atoms with Crippen LogP contribution in [0.3, 0.4) is 0 Å². The van der Waals surface area contributed by atoms with Gasteiger partial charge >= 0.3 is 6.09 Å². The Labute approximate surface area is 200 Å². The van der Waals surface area contributed by atoms with Gasteiger partial charge in [0.1, 0.15) is 11.4 Å². The normalized spacial score (nSPS) is 21.1. The molecule has 7 heteroatoms. The minimum Gasteiger partial charge on any atom is -0.494 e. The van der Waals surface area contributed by atoms with Crippen molar-refractivity contribution in [2.45, 2.75) is 70.6 Å². The molecular weight excluding hydrogens is 432 g/mol. The van der Waals surface area contributed by atoms with Crippen molar-refractivity contribution in [2.75, 3.05) is 6.61 Å². The summed E-state index contributed by atoms with van der Waals surface area (Å²) in [6, 6.07) is 17.0. The molecule has 0 radical (unpaired) electrons. The minimum absolute atomic E-state index is 0.289. The van der Waals surface area contributed by atoms with Gasteiger partial charge in [0.2, 0.25) is 6.10 Å². The fraction of sp³-hybridized carbons (Fsp3) is 0.444. The lowest BCUT2D eigenvalue weighted by atomic mass is 9.91. The second-order valence-corrected chi connectivity index (χ2v) is 9.30. The molecule has 1 saturated heterocycles. The number of carbonyl (C=O) groups is 2. The lowest BCUT2D eigenvalue weighted by Crippen LogP contribution is -2.49. The lowest BCUT2D eigenvalue weighted by Gasteiger charge is -2.28. The average molecular weight is 465 g/mol. The third-order valence-corrected chi connectivity index (χ3v) is 6.32. The fourth-order valence-electron chi connectivity index (χ4n) is 4.32. The number of hydrogen-bond acceptors (Lipinski definition) is 6. The Morgan fingerprint density at radius 2 is 1.85 bits per heavy atom. The summed E-state index contributed by atoms with van der Waals surface area (Å²) in [5.41, 5.74) is 1.75. The summed E-state index contributed by atoms with van der Waals surface area (Å²) < 4.78 is 11.3. The first-order valence-electron chi connectivity index (χ1n) is 11.9. The number of hydrogen-bond donors (Lipinski definition) is 0. The summed E-state index contributed by atoms with van der Waals surface area (Å²) in [6.07, 6.45) is 2.63. The predicted octanol–water partition coefficient (Wildman–Crippen LogP) is 5.12. The maximum Gasteiger partial charge on any atom is 0.417 e. The van der Waals surface area contributed by atoms with Crippen LogP contribution in [0.1, 0.15) is 57.6 Å². The topological polar surface area (TPSA) is 77.4 Å². The highest BCUT2D eigenvalue weighted by molar-refractivity contribution is 6.06. The molecule has 0 N–H and O–H groups in total. The molecule has 2 aliphatic heterocycles. The van der Waals surface area contributed by atoms with Crippen molar-refractivity contribution in [3.05, 3.63) is 65.7 Å². The van der Waals surface area contributed by atoms with Crippen LogP contribution in [0.15, 0.2) is 59.8 Å². The molecule has 0 spiro atoms. The van der Waals surface area contributed by atoms with Crippen molar-refractivity contribution in [3.63, 3.8) is 0 Å². The number of amides is 2. The molecule has 2 atom stereocenters. The van der Waals surface area contributed by atoms with Gasteiger partial charge in [0.25, 0.3) is 5.91 Å². The molecule has 0 saturated carbocycles. The zero-order chi connectivity index (χ0) is 24.1. The summed E-state index contributed by atoms with van der Waals surface area (Å²) in [4.78, 5) is 32.7. The molecule has 2 amide bonds. The third kappa shape index (κ3) is 5.24. The number of benzene rings is 2. The van der Waals surface area contributed by atoms with Gasteiger partial charge in [-0.2, -0.15) is 0 Å². The van der Waals surface area contributed by atoms with Crippen molar-refractivity contribution in [3.8, 4) is 5.75 Å². The van der Waals surface area contributed by atoms with Crippen LogP contribution < -0.4 is 4.74 Å². The second kappa shape index (κ2) is 10.3. The standard InChI is InChI=1S/C27H32N2O5/c1-4-5-9-16-32-21-14-12-20(13-15-21)22-18-23(34-28-22)25(30)29-24(27(2,3)33-26(29)31)17-19-10-7-6-8-11-19/h6-8,10-15,23-24H,4-5,9,16-18H2,1-3H3/t23-,24-/m0/s1. The molecule has 7 nitrogen and oxygen atoms in total. The summed E-state index contributed by atoms with van der Waals surface area (Å²) in [6.45, 7) is 6.51. The van der Waals surface area contributed by atoms with Gasteiger partial charge in [-0.15, -0.1) is 0 Å². The van der Waals surface area contributed by atoms with Crippen LogP contribution in [0.2, 0.25) is 0 Å². The van der Waals surface area contributed by atoms with E-state index in [1.165, 1.54) is 4.90 Å². The molecule has 2 aliphatic rings. The van der Waals surface area contributed by atoms with Gasteiger partial charge in [-0.25, -0.2) is 9.69 Å². The Hall–Kier alpha value is -3.35. The van der Waals surface area contributed by atoms with E-state index in [0.717, 1.165) is 36.1 Å². The molecule has 2 heterocycles. The van der Waals surface area contributed by atoms with Crippen LogP contribution in [-0.2, 0) is 20.8 Å². The summed E-state index contributed by atoms with van der Waals surface area (Å²) in [5.74, 6) is 0.379. The Balaban J connectivity index is 1.40. The monoisotopic (exact) mass is 464 g/mol. The molecule has 0 unspecified atom stereocenters. The molecule has 1 fully saturated rings. The minimum atomic E-state index is -0.861. The number of oxime groups is 1. The Morgan fingerprint density at radius 3 is 2.56 bits per heavy atom. The van der Waals surface area contributed by atoms with E-state index in [1.54, 1.807) is 0 Å². The fourth-order valence-corrected chi connectivity index (χ4v) is 4.32. The first-order valence-corrected chi connectivity index (χ1v) is 11.9. The van der Waals surface area contributed by atoms with Crippen LogP contribution in [-0.4, -0.2) is 47.0 Å². The molecule has 0 aromatic heterocycles. The van der Waals surface area contributed by atoms with Crippen molar-refractivity contribution in [1.82, 2.24) is 4.90 Å². The largest absolute Gasteiger partial charge is 0.494 e. The summed E-state index contributed by atoms with van der Waals surface area (Å²) >= 11 is 0. The van der Waals surface area contributed by atoms with Gasteiger partial charge in [-0.1, -0.05) is 55.3 Å². The first-order chi connectivity index (χ1) is 16.4. The zero-order valence-electron chi connectivity index (χ0n) is 20.0. The second-order valence-electron chi connectivity index (χ2n) is 9.30. The maximum absolute atomic E-state index is 13.4. The van der Waals surface area contributed by atoms with Crippen LogP contribution >= 0.6 is 0 Å². The predicted molar refractivity (Wildman–Crippen MR) is 129 cm³/mol. The number of rotatable bonds is 9. The van der Waals surface area contributed by atoms with Gasteiger partial charge < -0.3 is 14.3 Å². The maximum atomic E-state index is 13.4. The van der Waals surface area contributed by atoms with Gasteiger partial charge in [0.15, 0.2) is 0 Å². The Morgan fingerprint density at radius 1 is 1.12 bits per heavy atom. The number of nitrogens with zero attached hydrogens (tertiary/aromatic N) is 2. The van der Waals surface area contributed by atoms with E-state index in [2.05, 4.69) is 12.1 Å². The van der Waals surface area contributed by atoms with Gasteiger partial charge in [-0.05, 0) is 62.1 Å². The van der Waals surface area contributed by atoms with Crippen LogP contribution in [0.5, 0.6) is 5.75 Å². The van der Waals surface area contributed by atoms with E-state index in [0.29, 0.717) is 18.7 Å². The highest BCUT2D eigenvalue weighted by Crippen LogP contribution is 2.34. The molecule has 0 aliphatic carbocycles. The number of unbranched alkanes of at least 4 members (excludes halogenated alkanes) is 2. The quantitative estimate of drug-likeness (QED) is 0.482. The lowest BCUT2D eigenvalue weighted by molar-refractivity contribution is -0.140. The van der Waals surface area contributed by atoms with E-state index in [-0.39, 0.29) is 6.42 Å². The van der Waals surface area contributed by atoms with Crippen LogP contribution in [0.4, 0.5) is 4.79 Å². The first kappa shape index (κ1) is 23.8. The average Bonchev–Trinajstić information content (AvgIpc) is 3.40. The van der Waals surface area contributed by atoms with Crippen LogP contribution in [0.25, 0.3) is 0 Å². The Bertz CT molecular complexity index is 1030. The molecule has 34 heavy (non-hydrogen) atoms. The van der Waals surface area contributed by atoms with E-state index >= 15 is 0 Å². The van der Waals surface area contributed by atoms with Crippen molar-refractivity contribution < 1.29 is 23.9 Å². The SMILES string of the molecule is CCCCCOc1ccc(C2=NO[C@H](C(=O)N3C(=O)OC(C)(C)[C@@H]3Cc3ccccc3)C2)cc1. The molecule has 180 valence electrons. The molecular formula is C27H32N2O5. The van der Waals surface area contributed by atoms with Crippen molar-refractivity contribution in [1.29, 1.82) is 0 Å². The van der Waals surface area contributed by atoms with Crippen LogP contribution in [0, 0.1) is 0 Å². The number of imide groups is 1. The molecule has 2 aromatic rings. The molecule has 2 aromatic carbocycles.